The fraction of sp³-hybridized carbons (Fsp3) is 0.500. The maximum atomic E-state index is 11.9. The first-order valence-corrected chi connectivity index (χ1v) is 7.04. The summed E-state index contributed by atoms with van der Waals surface area (Å²) in [5.41, 5.74) is 0.581. The van der Waals surface area contributed by atoms with Crippen LogP contribution in [0.2, 0.25) is 0 Å². The third kappa shape index (κ3) is 5.45. The number of hydrogen-bond donors (Lipinski definition) is 3. The molecule has 0 saturated heterocycles. The van der Waals surface area contributed by atoms with Crippen molar-refractivity contribution in [2.45, 2.75) is 39.7 Å². The lowest BCUT2D eigenvalue weighted by Gasteiger charge is -2.28. The van der Waals surface area contributed by atoms with Crippen LogP contribution in [0.1, 0.15) is 39.2 Å². The van der Waals surface area contributed by atoms with Gasteiger partial charge in [-0.2, -0.15) is 0 Å². The van der Waals surface area contributed by atoms with E-state index in [0.29, 0.717) is 6.54 Å². The lowest BCUT2D eigenvalue weighted by atomic mass is 9.87. The number of hydrogen-bond acceptors (Lipinski definition) is 2. The van der Waals surface area contributed by atoms with Gasteiger partial charge in [-0.1, -0.05) is 58.0 Å². The van der Waals surface area contributed by atoms with Crippen LogP contribution in [0.5, 0.6) is 0 Å². The molecular formula is C16H24N2O3. The minimum Gasteiger partial charge on any atom is -0.480 e. The predicted molar refractivity (Wildman–Crippen MR) is 82.3 cm³/mol. The zero-order valence-electron chi connectivity index (χ0n) is 13.0. The summed E-state index contributed by atoms with van der Waals surface area (Å²) in [5, 5.41) is 14.4. The number of rotatable bonds is 5. The minimum atomic E-state index is -1.03. The van der Waals surface area contributed by atoms with Crippen molar-refractivity contribution in [1.82, 2.24) is 10.6 Å². The first-order chi connectivity index (χ1) is 9.71. The zero-order chi connectivity index (χ0) is 16.0. The summed E-state index contributed by atoms with van der Waals surface area (Å²) in [4.78, 5) is 23.1. The van der Waals surface area contributed by atoms with Crippen LogP contribution in [-0.4, -0.2) is 29.7 Å². The van der Waals surface area contributed by atoms with Crippen LogP contribution in [0, 0.1) is 5.41 Å². The van der Waals surface area contributed by atoms with E-state index in [9.17, 15) is 14.7 Å². The third-order valence-corrected chi connectivity index (χ3v) is 3.33. The second-order valence-corrected chi connectivity index (χ2v) is 6.30. The summed E-state index contributed by atoms with van der Waals surface area (Å²) in [5.74, 6) is -0.872. The van der Waals surface area contributed by atoms with Crippen LogP contribution in [0.25, 0.3) is 0 Å². The number of carbonyl (C=O) groups excluding carboxylic acids is 1. The molecule has 0 radical (unpaired) electrons. The number of carbonyl (C=O) groups is 2. The van der Waals surface area contributed by atoms with E-state index in [1.165, 1.54) is 0 Å². The Hall–Kier alpha value is -2.04. The Balaban J connectivity index is 2.52. The van der Waals surface area contributed by atoms with Crippen LogP contribution in [0.4, 0.5) is 4.79 Å². The van der Waals surface area contributed by atoms with E-state index in [1.54, 1.807) is 20.8 Å². The van der Waals surface area contributed by atoms with Gasteiger partial charge in [-0.25, -0.2) is 9.59 Å². The van der Waals surface area contributed by atoms with Gasteiger partial charge in [0, 0.05) is 6.54 Å². The molecule has 5 nitrogen and oxygen atoms in total. The fourth-order valence-corrected chi connectivity index (χ4v) is 1.98. The van der Waals surface area contributed by atoms with Gasteiger partial charge in [0.2, 0.25) is 0 Å². The molecule has 2 amide bonds. The molecule has 0 saturated carbocycles. The largest absolute Gasteiger partial charge is 0.480 e. The first kappa shape index (κ1) is 17.0. The van der Waals surface area contributed by atoms with Gasteiger partial charge < -0.3 is 15.7 Å². The quantitative estimate of drug-likeness (QED) is 0.780. The van der Waals surface area contributed by atoms with Crippen LogP contribution >= 0.6 is 0 Å². The smallest absolute Gasteiger partial charge is 0.326 e. The van der Waals surface area contributed by atoms with E-state index in [2.05, 4.69) is 10.6 Å². The molecule has 21 heavy (non-hydrogen) atoms. The molecule has 5 heteroatoms. The number of carboxylic acids is 1. The molecule has 3 N–H and O–H groups in total. The van der Waals surface area contributed by atoms with Gasteiger partial charge in [0.05, 0.1) is 0 Å². The summed E-state index contributed by atoms with van der Waals surface area (Å²) in [6.07, 6.45) is 0. The molecule has 0 bridgehead atoms. The highest BCUT2D eigenvalue weighted by atomic mass is 16.4. The Morgan fingerprint density at radius 3 is 2.24 bits per heavy atom. The van der Waals surface area contributed by atoms with Crippen molar-refractivity contribution in [2.75, 3.05) is 6.54 Å². The maximum absolute atomic E-state index is 11.9. The Labute approximate surface area is 125 Å². The van der Waals surface area contributed by atoms with E-state index >= 15 is 0 Å². The van der Waals surface area contributed by atoms with Crippen molar-refractivity contribution in [3.05, 3.63) is 35.9 Å². The van der Waals surface area contributed by atoms with Crippen molar-refractivity contribution in [3.63, 3.8) is 0 Å². The fourth-order valence-electron chi connectivity index (χ4n) is 1.98. The van der Waals surface area contributed by atoms with Crippen molar-refractivity contribution in [2.24, 2.45) is 5.41 Å². The average molecular weight is 292 g/mol. The molecule has 1 aromatic carbocycles. The van der Waals surface area contributed by atoms with Gasteiger partial charge in [0.1, 0.15) is 6.04 Å². The molecule has 1 aromatic rings. The molecule has 0 heterocycles. The Bertz CT molecular complexity index is 480. The van der Waals surface area contributed by atoms with Crippen LogP contribution in [0.3, 0.4) is 0 Å². The van der Waals surface area contributed by atoms with Gasteiger partial charge >= 0.3 is 12.0 Å². The van der Waals surface area contributed by atoms with Crippen molar-refractivity contribution in [1.29, 1.82) is 0 Å². The summed E-state index contributed by atoms with van der Waals surface area (Å²) < 4.78 is 0. The van der Waals surface area contributed by atoms with Crippen molar-refractivity contribution in [3.8, 4) is 0 Å². The number of urea groups is 1. The van der Waals surface area contributed by atoms with Crippen LogP contribution in [-0.2, 0) is 4.79 Å². The summed E-state index contributed by atoms with van der Waals surface area (Å²) in [6, 6.07) is 8.46. The molecule has 0 aliphatic heterocycles. The van der Waals surface area contributed by atoms with Gasteiger partial charge in [0.25, 0.3) is 0 Å². The maximum Gasteiger partial charge on any atom is 0.326 e. The van der Waals surface area contributed by atoms with Crippen LogP contribution < -0.4 is 10.6 Å². The van der Waals surface area contributed by atoms with Gasteiger partial charge in [-0.05, 0) is 16.9 Å². The molecule has 0 aromatic heterocycles. The van der Waals surface area contributed by atoms with Crippen LogP contribution in [0.15, 0.2) is 30.3 Å². The van der Waals surface area contributed by atoms with Crippen molar-refractivity contribution >= 4 is 12.0 Å². The van der Waals surface area contributed by atoms with Crippen molar-refractivity contribution < 1.29 is 14.7 Å². The molecular weight excluding hydrogens is 268 g/mol. The highest BCUT2D eigenvalue weighted by Gasteiger charge is 2.32. The SMILES string of the molecule is CC(CNC(=O)N[C@@H](C(=O)O)C(C)(C)C)c1ccccc1. The topological polar surface area (TPSA) is 78.4 Å². The van der Waals surface area contributed by atoms with E-state index in [4.69, 9.17) is 0 Å². The summed E-state index contributed by atoms with van der Waals surface area (Å²) in [7, 11) is 0. The average Bonchev–Trinajstić information content (AvgIpc) is 2.41. The highest BCUT2D eigenvalue weighted by molar-refractivity contribution is 5.83. The van der Waals surface area contributed by atoms with Gasteiger partial charge in [-0.3, -0.25) is 0 Å². The summed E-state index contributed by atoms with van der Waals surface area (Å²) >= 11 is 0. The molecule has 1 rings (SSSR count). The van der Waals surface area contributed by atoms with E-state index < -0.39 is 23.5 Å². The molecule has 0 aliphatic carbocycles. The summed E-state index contributed by atoms with van der Waals surface area (Å²) in [6.45, 7) is 7.79. The van der Waals surface area contributed by atoms with E-state index in [-0.39, 0.29) is 5.92 Å². The molecule has 0 fully saturated rings. The molecule has 116 valence electrons. The number of benzene rings is 1. The Kier molecular flexibility index (Phi) is 5.76. The normalized spacial score (nSPS) is 14.1. The minimum absolute atomic E-state index is 0.162. The molecule has 0 aliphatic rings. The molecule has 1 unspecified atom stereocenters. The lowest BCUT2D eigenvalue weighted by Crippen LogP contribution is -2.52. The number of amides is 2. The molecule has 0 spiro atoms. The second kappa shape index (κ2) is 7.11. The predicted octanol–water partition coefficient (Wildman–Crippen LogP) is 2.59. The third-order valence-electron chi connectivity index (χ3n) is 3.33. The second-order valence-electron chi connectivity index (χ2n) is 6.30. The zero-order valence-corrected chi connectivity index (χ0v) is 13.0. The number of aliphatic carboxylic acids is 1. The highest BCUT2D eigenvalue weighted by Crippen LogP contribution is 2.19. The first-order valence-electron chi connectivity index (χ1n) is 7.04. The van der Waals surface area contributed by atoms with E-state index in [1.807, 2.05) is 37.3 Å². The number of carboxylic acid groups (broad SMARTS) is 1. The van der Waals surface area contributed by atoms with Gasteiger partial charge in [0.15, 0.2) is 0 Å². The monoisotopic (exact) mass is 292 g/mol. The number of nitrogens with one attached hydrogen (secondary N) is 2. The Morgan fingerprint density at radius 2 is 1.76 bits per heavy atom. The molecule has 2 atom stereocenters. The van der Waals surface area contributed by atoms with E-state index in [0.717, 1.165) is 5.56 Å². The lowest BCUT2D eigenvalue weighted by molar-refractivity contribution is -0.141. The Morgan fingerprint density at radius 1 is 1.19 bits per heavy atom. The van der Waals surface area contributed by atoms with Gasteiger partial charge in [-0.15, -0.1) is 0 Å². The standard InChI is InChI=1S/C16H24N2O3/c1-11(12-8-6-5-7-9-12)10-17-15(21)18-13(14(19)20)16(2,3)4/h5-9,11,13H,10H2,1-4H3,(H,19,20)(H2,17,18,21)/t11?,13-/m0/s1.